The lowest BCUT2D eigenvalue weighted by molar-refractivity contribution is 0.112. The second-order valence-electron chi connectivity index (χ2n) is 2.10. The maximum atomic E-state index is 10.2. The predicted molar refractivity (Wildman–Crippen MR) is 44.4 cm³/mol. The Balaban J connectivity index is 2.98. The first kappa shape index (κ1) is 7.22. The Morgan fingerprint density at radius 3 is 2.70 bits per heavy atom. The van der Waals surface area contributed by atoms with Crippen molar-refractivity contribution in [3.05, 3.63) is 28.5 Å². The standard InChI is InChI=1S/C8H8OS/c1-6(2)8-4-3-7(5-9)10-8/h3-5H,1H2,2H3. The molecule has 0 N–H and O–H groups in total. The van der Waals surface area contributed by atoms with Gasteiger partial charge in [0.1, 0.15) is 0 Å². The molecule has 0 bridgehead atoms. The van der Waals surface area contributed by atoms with Crippen molar-refractivity contribution in [3.63, 3.8) is 0 Å². The Bertz CT molecular complexity index is 260. The number of aldehydes is 1. The van der Waals surface area contributed by atoms with E-state index in [1.165, 1.54) is 11.3 Å². The number of carbonyl (C=O) groups is 1. The minimum absolute atomic E-state index is 0.762. The van der Waals surface area contributed by atoms with E-state index in [0.29, 0.717) is 0 Å². The average Bonchev–Trinajstić information content (AvgIpc) is 2.34. The summed E-state index contributed by atoms with van der Waals surface area (Å²) in [6.45, 7) is 5.70. The van der Waals surface area contributed by atoms with Crippen molar-refractivity contribution < 1.29 is 4.79 Å². The number of hydrogen-bond donors (Lipinski definition) is 0. The third-order valence-electron chi connectivity index (χ3n) is 1.16. The second kappa shape index (κ2) is 2.80. The lowest BCUT2D eigenvalue weighted by Crippen LogP contribution is -1.64. The fourth-order valence-electron chi connectivity index (χ4n) is 0.646. The zero-order valence-electron chi connectivity index (χ0n) is 5.76. The van der Waals surface area contributed by atoms with Crippen LogP contribution >= 0.6 is 11.3 Å². The van der Waals surface area contributed by atoms with Crippen LogP contribution in [0.5, 0.6) is 0 Å². The van der Waals surface area contributed by atoms with E-state index >= 15 is 0 Å². The summed E-state index contributed by atoms with van der Waals surface area (Å²) in [5, 5.41) is 0. The second-order valence-corrected chi connectivity index (χ2v) is 3.22. The Hall–Kier alpha value is -0.890. The summed E-state index contributed by atoms with van der Waals surface area (Å²) in [5.41, 5.74) is 1.01. The summed E-state index contributed by atoms with van der Waals surface area (Å²) >= 11 is 1.47. The van der Waals surface area contributed by atoms with Gasteiger partial charge in [-0.3, -0.25) is 4.79 Å². The summed E-state index contributed by atoms with van der Waals surface area (Å²) < 4.78 is 0. The lowest BCUT2D eigenvalue weighted by atomic mass is 10.3. The average molecular weight is 152 g/mol. The van der Waals surface area contributed by atoms with Crippen molar-refractivity contribution in [1.29, 1.82) is 0 Å². The van der Waals surface area contributed by atoms with E-state index < -0.39 is 0 Å². The highest BCUT2D eigenvalue weighted by molar-refractivity contribution is 7.14. The van der Waals surface area contributed by atoms with Gasteiger partial charge in [-0.15, -0.1) is 11.3 Å². The minimum Gasteiger partial charge on any atom is -0.297 e. The first-order valence-electron chi connectivity index (χ1n) is 2.95. The Labute approximate surface area is 64.0 Å². The maximum absolute atomic E-state index is 10.2. The molecule has 0 aliphatic heterocycles. The van der Waals surface area contributed by atoms with Gasteiger partial charge in [0, 0.05) is 4.88 Å². The Kier molecular flexibility index (Phi) is 2.02. The van der Waals surface area contributed by atoms with E-state index in [0.717, 1.165) is 21.6 Å². The number of carbonyl (C=O) groups excluding carboxylic acids is 1. The van der Waals surface area contributed by atoms with Crippen molar-refractivity contribution >= 4 is 23.2 Å². The molecule has 0 fully saturated rings. The van der Waals surface area contributed by atoms with Gasteiger partial charge >= 0.3 is 0 Å². The van der Waals surface area contributed by atoms with Gasteiger partial charge in [-0.05, 0) is 24.6 Å². The van der Waals surface area contributed by atoms with E-state index in [4.69, 9.17) is 0 Å². The minimum atomic E-state index is 0.762. The molecule has 0 aromatic carbocycles. The molecule has 1 aromatic rings. The van der Waals surface area contributed by atoms with Crippen molar-refractivity contribution in [1.82, 2.24) is 0 Å². The molecule has 1 nitrogen and oxygen atoms in total. The molecule has 52 valence electrons. The summed E-state index contributed by atoms with van der Waals surface area (Å²) in [6, 6.07) is 3.72. The van der Waals surface area contributed by atoms with Crippen LogP contribution in [0.1, 0.15) is 21.5 Å². The topological polar surface area (TPSA) is 17.1 Å². The summed E-state index contributed by atoms with van der Waals surface area (Å²) in [7, 11) is 0. The SMILES string of the molecule is C=C(C)c1ccc(C=O)s1. The van der Waals surface area contributed by atoms with Crippen LogP contribution in [0.3, 0.4) is 0 Å². The highest BCUT2D eigenvalue weighted by Crippen LogP contribution is 2.20. The maximum Gasteiger partial charge on any atom is 0.160 e. The lowest BCUT2D eigenvalue weighted by Gasteiger charge is -1.87. The highest BCUT2D eigenvalue weighted by Gasteiger charge is 1.97. The molecular weight excluding hydrogens is 144 g/mol. The monoisotopic (exact) mass is 152 g/mol. The zero-order valence-corrected chi connectivity index (χ0v) is 6.57. The number of thiophene rings is 1. The van der Waals surface area contributed by atoms with Crippen LogP contribution in [0.15, 0.2) is 18.7 Å². The Morgan fingerprint density at radius 2 is 2.40 bits per heavy atom. The normalized spacial score (nSPS) is 9.30. The third-order valence-corrected chi connectivity index (χ3v) is 2.34. The molecule has 0 aliphatic rings. The van der Waals surface area contributed by atoms with E-state index in [2.05, 4.69) is 6.58 Å². The fourth-order valence-corrected chi connectivity index (χ4v) is 1.39. The molecule has 0 spiro atoms. The summed E-state index contributed by atoms with van der Waals surface area (Å²) in [4.78, 5) is 12.1. The van der Waals surface area contributed by atoms with Gasteiger partial charge < -0.3 is 0 Å². The smallest absolute Gasteiger partial charge is 0.160 e. The molecule has 0 saturated heterocycles. The van der Waals surface area contributed by atoms with Crippen LogP contribution in [-0.2, 0) is 0 Å². The van der Waals surface area contributed by atoms with Crippen LogP contribution in [0, 0.1) is 0 Å². The third kappa shape index (κ3) is 1.33. The van der Waals surface area contributed by atoms with Crippen LogP contribution in [0.4, 0.5) is 0 Å². The summed E-state index contributed by atoms with van der Waals surface area (Å²) in [5.74, 6) is 0. The van der Waals surface area contributed by atoms with Crippen LogP contribution in [0.25, 0.3) is 5.57 Å². The number of rotatable bonds is 2. The van der Waals surface area contributed by atoms with Crippen LogP contribution < -0.4 is 0 Å². The van der Waals surface area contributed by atoms with Crippen molar-refractivity contribution in [2.75, 3.05) is 0 Å². The van der Waals surface area contributed by atoms with Gasteiger partial charge in [0.15, 0.2) is 6.29 Å². The molecule has 10 heavy (non-hydrogen) atoms. The molecule has 1 heterocycles. The quantitative estimate of drug-likeness (QED) is 0.595. The van der Waals surface area contributed by atoms with Gasteiger partial charge in [-0.2, -0.15) is 0 Å². The van der Waals surface area contributed by atoms with Gasteiger partial charge in [0.05, 0.1) is 4.88 Å². The highest BCUT2D eigenvalue weighted by atomic mass is 32.1. The molecule has 0 aliphatic carbocycles. The molecule has 0 unspecified atom stereocenters. The van der Waals surface area contributed by atoms with Gasteiger partial charge in [-0.1, -0.05) is 6.58 Å². The number of hydrogen-bond acceptors (Lipinski definition) is 2. The molecule has 0 radical (unpaired) electrons. The molecule has 1 rings (SSSR count). The van der Waals surface area contributed by atoms with E-state index in [9.17, 15) is 4.79 Å². The molecule has 0 saturated carbocycles. The first-order chi connectivity index (χ1) is 4.74. The van der Waals surface area contributed by atoms with E-state index in [1.54, 1.807) is 0 Å². The van der Waals surface area contributed by atoms with Crippen molar-refractivity contribution in [3.8, 4) is 0 Å². The molecule has 0 amide bonds. The van der Waals surface area contributed by atoms with Gasteiger partial charge in [0.2, 0.25) is 0 Å². The van der Waals surface area contributed by atoms with Crippen molar-refractivity contribution in [2.24, 2.45) is 0 Å². The van der Waals surface area contributed by atoms with Gasteiger partial charge in [0.25, 0.3) is 0 Å². The molecular formula is C8H8OS. The molecule has 1 aromatic heterocycles. The zero-order chi connectivity index (χ0) is 7.56. The number of allylic oxidation sites excluding steroid dienone is 1. The van der Waals surface area contributed by atoms with Crippen LogP contribution in [-0.4, -0.2) is 6.29 Å². The van der Waals surface area contributed by atoms with E-state index in [-0.39, 0.29) is 0 Å². The first-order valence-corrected chi connectivity index (χ1v) is 3.76. The van der Waals surface area contributed by atoms with Crippen LogP contribution in [0.2, 0.25) is 0 Å². The Morgan fingerprint density at radius 1 is 1.70 bits per heavy atom. The summed E-state index contributed by atoms with van der Waals surface area (Å²) in [6.07, 6.45) is 0.858. The predicted octanol–water partition coefficient (Wildman–Crippen LogP) is 2.59. The van der Waals surface area contributed by atoms with E-state index in [1.807, 2.05) is 19.1 Å². The molecule has 0 atom stereocenters. The fraction of sp³-hybridized carbons (Fsp3) is 0.125. The van der Waals surface area contributed by atoms with Crippen molar-refractivity contribution in [2.45, 2.75) is 6.92 Å². The van der Waals surface area contributed by atoms with Gasteiger partial charge in [-0.25, -0.2) is 0 Å². The largest absolute Gasteiger partial charge is 0.297 e. The molecule has 2 heteroatoms.